The van der Waals surface area contributed by atoms with Crippen molar-refractivity contribution < 1.29 is 19.4 Å². The quantitative estimate of drug-likeness (QED) is 0.469. The summed E-state index contributed by atoms with van der Waals surface area (Å²) in [5, 5.41) is 22.8. The van der Waals surface area contributed by atoms with E-state index in [0.717, 1.165) is 17.0 Å². The van der Waals surface area contributed by atoms with E-state index in [9.17, 15) is 29.8 Å². The van der Waals surface area contributed by atoms with Gasteiger partial charge in [-0.1, -0.05) is 0 Å². The van der Waals surface area contributed by atoms with Crippen molar-refractivity contribution in [3.05, 3.63) is 55.6 Å². The standard InChI is InChI=1S/C16H13N3O6/c1-16(2,3)17-14(20)12-10-5-4-9(18(22)23)6-8(10)7-11(19(24)25)13(12)15(17)21/h4-7H,1-3H3. The molecule has 0 bridgehead atoms. The van der Waals surface area contributed by atoms with Crippen LogP contribution in [0.3, 0.4) is 0 Å². The maximum absolute atomic E-state index is 12.8. The molecule has 9 nitrogen and oxygen atoms in total. The first kappa shape index (κ1) is 16.5. The minimum atomic E-state index is -0.867. The number of carbonyl (C=O) groups excluding carboxylic acids is 2. The predicted octanol–water partition coefficient (Wildman–Crippen LogP) is 3.05. The monoisotopic (exact) mass is 343 g/mol. The van der Waals surface area contributed by atoms with Gasteiger partial charge in [0.25, 0.3) is 23.2 Å². The third-order valence-corrected chi connectivity index (χ3v) is 4.02. The van der Waals surface area contributed by atoms with Crippen LogP contribution in [0.1, 0.15) is 41.5 Å². The maximum atomic E-state index is 12.8. The molecule has 128 valence electrons. The number of nitro groups is 2. The Balaban J connectivity index is 2.41. The van der Waals surface area contributed by atoms with Crippen LogP contribution in [0.25, 0.3) is 10.8 Å². The van der Waals surface area contributed by atoms with Crippen LogP contribution in [0, 0.1) is 20.2 Å². The molecule has 0 fully saturated rings. The van der Waals surface area contributed by atoms with E-state index < -0.39 is 32.9 Å². The van der Waals surface area contributed by atoms with Gasteiger partial charge >= 0.3 is 0 Å². The molecule has 0 spiro atoms. The molecule has 2 amide bonds. The number of nitro benzene ring substituents is 2. The molecule has 0 saturated heterocycles. The molecule has 0 N–H and O–H groups in total. The normalized spacial score (nSPS) is 14.1. The van der Waals surface area contributed by atoms with E-state index in [0.29, 0.717) is 0 Å². The number of hydrogen-bond acceptors (Lipinski definition) is 6. The molecule has 9 heteroatoms. The number of amides is 2. The van der Waals surface area contributed by atoms with E-state index in [4.69, 9.17) is 0 Å². The largest absolute Gasteiger partial charge is 0.283 e. The average Bonchev–Trinajstić information content (AvgIpc) is 2.77. The summed E-state index contributed by atoms with van der Waals surface area (Å²) < 4.78 is 0. The maximum Gasteiger partial charge on any atom is 0.283 e. The average molecular weight is 343 g/mol. The Morgan fingerprint density at radius 3 is 2.04 bits per heavy atom. The summed E-state index contributed by atoms with van der Waals surface area (Å²) in [4.78, 5) is 47.5. The number of carbonyl (C=O) groups is 2. The van der Waals surface area contributed by atoms with Gasteiger partial charge in [-0.15, -0.1) is 0 Å². The van der Waals surface area contributed by atoms with E-state index >= 15 is 0 Å². The van der Waals surface area contributed by atoms with Gasteiger partial charge in [0.2, 0.25) is 0 Å². The molecule has 25 heavy (non-hydrogen) atoms. The molecular formula is C16H13N3O6. The third kappa shape index (κ3) is 2.32. The summed E-state index contributed by atoms with van der Waals surface area (Å²) in [6, 6.07) is 4.79. The fraction of sp³-hybridized carbons (Fsp3) is 0.250. The molecule has 0 radical (unpaired) electrons. The van der Waals surface area contributed by atoms with Crippen molar-refractivity contribution >= 4 is 34.0 Å². The number of hydrogen-bond donors (Lipinski definition) is 0. The fourth-order valence-corrected chi connectivity index (χ4v) is 3.00. The molecule has 2 aromatic carbocycles. The van der Waals surface area contributed by atoms with Crippen molar-refractivity contribution in [2.45, 2.75) is 26.3 Å². The molecule has 1 aliphatic heterocycles. The van der Waals surface area contributed by atoms with Gasteiger partial charge in [0.05, 0.1) is 15.4 Å². The van der Waals surface area contributed by atoms with Crippen LogP contribution in [0.5, 0.6) is 0 Å². The van der Waals surface area contributed by atoms with Gasteiger partial charge in [0.15, 0.2) is 0 Å². The van der Waals surface area contributed by atoms with E-state index in [1.165, 1.54) is 12.1 Å². The second-order valence-corrected chi connectivity index (χ2v) is 6.68. The van der Waals surface area contributed by atoms with Gasteiger partial charge in [-0.2, -0.15) is 0 Å². The Labute approximate surface area is 141 Å². The van der Waals surface area contributed by atoms with Crippen LogP contribution in [-0.2, 0) is 0 Å². The van der Waals surface area contributed by atoms with Crippen molar-refractivity contribution in [3.8, 4) is 0 Å². The second-order valence-electron chi connectivity index (χ2n) is 6.68. The lowest BCUT2D eigenvalue weighted by atomic mass is 9.98. The number of fused-ring (bicyclic) bond motifs is 3. The highest BCUT2D eigenvalue weighted by Gasteiger charge is 2.47. The van der Waals surface area contributed by atoms with Gasteiger partial charge in [0, 0.05) is 23.7 Å². The summed E-state index contributed by atoms with van der Waals surface area (Å²) in [6.07, 6.45) is 0. The van der Waals surface area contributed by atoms with Crippen molar-refractivity contribution in [2.75, 3.05) is 0 Å². The Morgan fingerprint density at radius 2 is 1.52 bits per heavy atom. The zero-order chi connectivity index (χ0) is 18.7. The lowest BCUT2D eigenvalue weighted by Crippen LogP contribution is -2.45. The van der Waals surface area contributed by atoms with Crippen LogP contribution < -0.4 is 0 Å². The van der Waals surface area contributed by atoms with E-state index in [1.807, 2.05) is 0 Å². The Hall–Kier alpha value is -3.36. The highest BCUT2D eigenvalue weighted by molar-refractivity contribution is 6.28. The van der Waals surface area contributed by atoms with Gasteiger partial charge in [-0.25, -0.2) is 0 Å². The first-order valence-electron chi connectivity index (χ1n) is 7.32. The summed E-state index contributed by atoms with van der Waals surface area (Å²) >= 11 is 0. The topological polar surface area (TPSA) is 124 Å². The summed E-state index contributed by atoms with van der Waals surface area (Å²) in [7, 11) is 0. The molecule has 0 aromatic heterocycles. The highest BCUT2D eigenvalue weighted by atomic mass is 16.6. The zero-order valence-corrected chi connectivity index (χ0v) is 13.6. The molecule has 1 heterocycles. The van der Waals surface area contributed by atoms with Crippen molar-refractivity contribution in [2.24, 2.45) is 0 Å². The van der Waals surface area contributed by atoms with Gasteiger partial charge in [0.1, 0.15) is 5.56 Å². The molecule has 2 aromatic rings. The van der Waals surface area contributed by atoms with Crippen molar-refractivity contribution in [1.82, 2.24) is 4.90 Å². The van der Waals surface area contributed by atoms with Gasteiger partial charge in [-0.3, -0.25) is 34.7 Å². The fourth-order valence-electron chi connectivity index (χ4n) is 3.00. The van der Waals surface area contributed by atoms with Crippen LogP contribution in [-0.4, -0.2) is 32.1 Å². The molecule has 3 rings (SSSR count). The number of nitrogens with zero attached hydrogens (tertiary/aromatic N) is 3. The Morgan fingerprint density at radius 1 is 0.920 bits per heavy atom. The lowest BCUT2D eigenvalue weighted by Gasteiger charge is -2.29. The van der Waals surface area contributed by atoms with Crippen LogP contribution in [0.15, 0.2) is 24.3 Å². The predicted molar refractivity (Wildman–Crippen MR) is 87.5 cm³/mol. The number of rotatable bonds is 2. The Bertz CT molecular complexity index is 990. The minimum absolute atomic E-state index is 0.0842. The van der Waals surface area contributed by atoms with Crippen molar-refractivity contribution in [1.29, 1.82) is 0 Å². The van der Waals surface area contributed by atoms with E-state index in [1.54, 1.807) is 20.8 Å². The van der Waals surface area contributed by atoms with Crippen molar-refractivity contribution in [3.63, 3.8) is 0 Å². The van der Waals surface area contributed by atoms with Gasteiger partial charge in [-0.05, 0) is 37.6 Å². The number of benzene rings is 2. The molecule has 0 unspecified atom stereocenters. The van der Waals surface area contributed by atoms with Crippen LogP contribution in [0.4, 0.5) is 11.4 Å². The molecule has 0 atom stereocenters. The van der Waals surface area contributed by atoms with E-state index in [2.05, 4.69) is 0 Å². The lowest BCUT2D eigenvalue weighted by molar-refractivity contribution is -0.385. The first-order chi connectivity index (χ1) is 11.5. The van der Waals surface area contributed by atoms with Crippen LogP contribution in [0.2, 0.25) is 0 Å². The second kappa shape index (κ2) is 5.07. The summed E-state index contributed by atoms with van der Waals surface area (Å²) in [5.41, 5.74) is -2.02. The third-order valence-electron chi connectivity index (χ3n) is 4.02. The van der Waals surface area contributed by atoms with Gasteiger partial charge < -0.3 is 0 Å². The molecule has 1 aliphatic rings. The van der Waals surface area contributed by atoms with Crippen LogP contribution >= 0.6 is 0 Å². The highest BCUT2D eigenvalue weighted by Crippen LogP contribution is 2.40. The number of non-ortho nitro benzene ring substituents is 1. The minimum Gasteiger partial charge on any atom is -0.269 e. The zero-order valence-electron chi connectivity index (χ0n) is 13.6. The summed E-state index contributed by atoms with van der Waals surface area (Å²) in [5.74, 6) is -1.38. The Kier molecular flexibility index (Phi) is 3.34. The van der Waals surface area contributed by atoms with E-state index in [-0.39, 0.29) is 27.6 Å². The summed E-state index contributed by atoms with van der Waals surface area (Å²) in [6.45, 7) is 4.94. The number of imide groups is 1. The molecule has 0 saturated carbocycles. The molecular weight excluding hydrogens is 330 g/mol. The SMILES string of the molecule is CC(C)(C)N1C(=O)c2c([N+](=O)[O-])cc3cc([N+](=O)[O-])ccc3c2C1=O. The molecule has 0 aliphatic carbocycles. The first-order valence-corrected chi connectivity index (χ1v) is 7.32. The smallest absolute Gasteiger partial charge is 0.269 e.